The highest BCUT2D eigenvalue weighted by Crippen LogP contribution is 2.21. The van der Waals surface area contributed by atoms with Crippen LogP contribution in [0.4, 0.5) is 0 Å². The molecule has 1 saturated heterocycles. The number of aliphatic imine (C=N–C) groups is 1. The maximum Gasteiger partial charge on any atom is 0.157 e. The van der Waals surface area contributed by atoms with Crippen molar-refractivity contribution in [2.75, 3.05) is 40.4 Å². The normalized spacial score (nSPS) is 27.5. The molecule has 1 aliphatic heterocycles. The fourth-order valence-electron chi connectivity index (χ4n) is 1.80. The first-order valence-corrected chi connectivity index (χ1v) is 7.15. The van der Waals surface area contributed by atoms with E-state index in [9.17, 15) is 0 Å². The smallest absolute Gasteiger partial charge is 0.157 e. The summed E-state index contributed by atoms with van der Waals surface area (Å²) < 4.78 is 5.04. The highest BCUT2D eigenvalue weighted by molar-refractivity contribution is 8.14. The molecule has 17 heavy (non-hydrogen) atoms. The second kappa shape index (κ2) is 7.95. The predicted molar refractivity (Wildman–Crippen MR) is 75.9 cm³/mol. The summed E-state index contributed by atoms with van der Waals surface area (Å²) in [5, 5.41) is 5.22. The third-order valence-electron chi connectivity index (χ3n) is 2.78. The van der Waals surface area contributed by atoms with Crippen LogP contribution in [0.5, 0.6) is 0 Å². The number of nitrogens with one attached hydrogen (secondary N) is 1. The Morgan fingerprint density at radius 3 is 2.88 bits per heavy atom. The van der Waals surface area contributed by atoms with Gasteiger partial charge in [0.15, 0.2) is 5.17 Å². The quantitative estimate of drug-likeness (QED) is 0.783. The second-order valence-electron chi connectivity index (χ2n) is 4.69. The molecular weight excluding hydrogens is 234 g/mol. The minimum atomic E-state index is 0.552. The summed E-state index contributed by atoms with van der Waals surface area (Å²) in [5.41, 5.74) is 0. The van der Waals surface area contributed by atoms with Crippen molar-refractivity contribution < 1.29 is 4.74 Å². The lowest BCUT2D eigenvalue weighted by Gasteiger charge is -2.27. The van der Waals surface area contributed by atoms with Gasteiger partial charge in [-0.3, -0.25) is 4.99 Å². The van der Waals surface area contributed by atoms with Gasteiger partial charge < -0.3 is 15.0 Å². The largest absolute Gasteiger partial charge is 0.383 e. The summed E-state index contributed by atoms with van der Waals surface area (Å²) in [6.45, 7) is 8.08. The van der Waals surface area contributed by atoms with Gasteiger partial charge in [0.1, 0.15) is 0 Å². The van der Waals surface area contributed by atoms with Crippen LogP contribution in [0.3, 0.4) is 0 Å². The Bertz CT molecular complexity index is 236. The van der Waals surface area contributed by atoms with E-state index in [1.165, 1.54) is 6.42 Å². The summed E-state index contributed by atoms with van der Waals surface area (Å²) in [6.07, 6.45) is 1.22. The molecule has 1 fully saturated rings. The van der Waals surface area contributed by atoms with Crippen LogP contribution in [0.2, 0.25) is 0 Å². The van der Waals surface area contributed by atoms with Crippen molar-refractivity contribution in [2.24, 2.45) is 4.99 Å². The number of rotatable bonds is 6. The molecule has 1 N–H and O–H groups in total. The molecule has 2 unspecified atom stereocenters. The van der Waals surface area contributed by atoms with Crippen molar-refractivity contribution in [1.82, 2.24) is 10.2 Å². The highest BCUT2D eigenvalue weighted by Gasteiger charge is 2.19. The zero-order valence-corrected chi connectivity index (χ0v) is 12.2. The molecular formula is C12H25N3OS. The van der Waals surface area contributed by atoms with Crippen molar-refractivity contribution in [3.8, 4) is 0 Å². The minimum absolute atomic E-state index is 0.552. The molecule has 100 valence electrons. The van der Waals surface area contributed by atoms with E-state index in [-0.39, 0.29) is 0 Å². The molecule has 0 aromatic carbocycles. The molecule has 4 nitrogen and oxygen atoms in total. The molecule has 5 heteroatoms. The van der Waals surface area contributed by atoms with Gasteiger partial charge in [-0.25, -0.2) is 0 Å². The molecule has 0 aliphatic carbocycles. The summed E-state index contributed by atoms with van der Waals surface area (Å²) in [5.74, 6) is 0. The number of hydrogen-bond donors (Lipinski definition) is 1. The zero-order valence-electron chi connectivity index (χ0n) is 11.4. The SMILES string of the molecule is COCCN(C)CCN=C1NC(C)CC(C)S1. The predicted octanol–water partition coefficient (Wildman–Crippen LogP) is 1.42. The molecule has 0 aromatic heterocycles. The van der Waals surface area contributed by atoms with Crippen LogP contribution in [0.15, 0.2) is 4.99 Å². The van der Waals surface area contributed by atoms with Crippen LogP contribution < -0.4 is 5.32 Å². The first-order valence-electron chi connectivity index (χ1n) is 6.27. The monoisotopic (exact) mass is 259 g/mol. The molecule has 0 spiro atoms. The van der Waals surface area contributed by atoms with Crippen molar-refractivity contribution in [3.63, 3.8) is 0 Å². The molecule has 1 aliphatic rings. The summed E-state index contributed by atoms with van der Waals surface area (Å²) in [7, 11) is 3.84. The molecule has 0 radical (unpaired) electrons. The highest BCUT2D eigenvalue weighted by atomic mass is 32.2. The van der Waals surface area contributed by atoms with Gasteiger partial charge in [-0.1, -0.05) is 18.7 Å². The van der Waals surface area contributed by atoms with E-state index in [1.54, 1.807) is 7.11 Å². The maximum atomic E-state index is 5.04. The van der Waals surface area contributed by atoms with E-state index >= 15 is 0 Å². The molecule has 1 rings (SSSR count). The number of amidine groups is 1. The van der Waals surface area contributed by atoms with Crippen LogP contribution in [0.1, 0.15) is 20.3 Å². The molecule has 0 saturated carbocycles. The van der Waals surface area contributed by atoms with Crippen molar-refractivity contribution >= 4 is 16.9 Å². The van der Waals surface area contributed by atoms with Crippen LogP contribution in [-0.4, -0.2) is 61.8 Å². The molecule has 2 atom stereocenters. The average molecular weight is 259 g/mol. The van der Waals surface area contributed by atoms with E-state index in [4.69, 9.17) is 4.74 Å². The van der Waals surface area contributed by atoms with Crippen LogP contribution >= 0.6 is 11.8 Å². The van der Waals surface area contributed by atoms with Gasteiger partial charge in [0, 0.05) is 31.5 Å². The van der Waals surface area contributed by atoms with Crippen molar-refractivity contribution in [3.05, 3.63) is 0 Å². The lowest BCUT2D eigenvalue weighted by molar-refractivity contribution is 0.163. The maximum absolute atomic E-state index is 5.04. The number of thioether (sulfide) groups is 1. The van der Waals surface area contributed by atoms with E-state index in [0.717, 1.165) is 31.4 Å². The van der Waals surface area contributed by atoms with Gasteiger partial charge in [-0.2, -0.15) is 0 Å². The Morgan fingerprint density at radius 2 is 2.24 bits per heavy atom. The lowest BCUT2D eigenvalue weighted by atomic mass is 10.2. The van der Waals surface area contributed by atoms with E-state index in [0.29, 0.717) is 11.3 Å². The number of ether oxygens (including phenoxy) is 1. The summed E-state index contributed by atoms with van der Waals surface area (Å²) in [4.78, 5) is 6.86. The minimum Gasteiger partial charge on any atom is -0.383 e. The first-order chi connectivity index (χ1) is 8.11. The molecule has 1 heterocycles. The average Bonchev–Trinajstić information content (AvgIpc) is 2.25. The summed E-state index contributed by atoms with van der Waals surface area (Å²) >= 11 is 1.86. The van der Waals surface area contributed by atoms with Crippen LogP contribution in [0, 0.1) is 0 Å². The van der Waals surface area contributed by atoms with Gasteiger partial charge >= 0.3 is 0 Å². The first kappa shape index (κ1) is 14.8. The summed E-state index contributed by atoms with van der Waals surface area (Å²) in [6, 6.07) is 0.552. The third kappa shape index (κ3) is 6.29. The fraction of sp³-hybridized carbons (Fsp3) is 0.917. The number of hydrogen-bond acceptors (Lipinski definition) is 4. The molecule has 0 aromatic rings. The van der Waals surface area contributed by atoms with Crippen LogP contribution in [0.25, 0.3) is 0 Å². The Hall–Kier alpha value is -0.260. The number of methoxy groups -OCH3 is 1. The fourth-order valence-corrected chi connectivity index (χ4v) is 3.01. The third-order valence-corrected chi connectivity index (χ3v) is 3.85. The Kier molecular flexibility index (Phi) is 6.92. The van der Waals surface area contributed by atoms with Gasteiger partial charge in [0.25, 0.3) is 0 Å². The van der Waals surface area contributed by atoms with Crippen molar-refractivity contribution in [1.29, 1.82) is 0 Å². The number of likely N-dealkylation sites (N-methyl/N-ethyl adjacent to an activating group) is 1. The number of nitrogens with zero attached hydrogens (tertiary/aromatic N) is 2. The van der Waals surface area contributed by atoms with Gasteiger partial charge in [0.05, 0.1) is 13.2 Å². The zero-order chi connectivity index (χ0) is 12.7. The van der Waals surface area contributed by atoms with E-state index < -0.39 is 0 Å². The van der Waals surface area contributed by atoms with Crippen LogP contribution in [-0.2, 0) is 4.74 Å². The van der Waals surface area contributed by atoms with Gasteiger partial charge in [0.2, 0.25) is 0 Å². The topological polar surface area (TPSA) is 36.9 Å². The molecule has 0 amide bonds. The lowest BCUT2D eigenvalue weighted by Crippen LogP contribution is -2.38. The standard InChI is InChI=1S/C12H25N3OS/c1-10-9-11(2)17-12(14-10)13-5-6-15(3)7-8-16-4/h10-11H,5-9H2,1-4H3,(H,13,14). The molecule has 0 bridgehead atoms. The Labute approximate surface area is 109 Å². The van der Waals surface area contributed by atoms with E-state index in [1.807, 2.05) is 11.8 Å². The second-order valence-corrected chi connectivity index (χ2v) is 6.12. The Balaban J connectivity index is 2.23. The van der Waals surface area contributed by atoms with E-state index in [2.05, 4.69) is 36.1 Å². The van der Waals surface area contributed by atoms with Gasteiger partial charge in [-0.05, 0) is 20.4 Å². The van der Waals surface area contributed by atoms with Gasteiger partial charge in [-0.15, -0.1) is 0 Å². The Morgan fingerprint density at radius 1 is 1.47 bits per heavy atom. The van der Waals surface area contributed by atoms with Crippen molar-refractivity contribution in [2.45, 2.75) is 31.6 Å².